The quantitative estimate of drug-likeness (QED) is 0.670. The van der Waals surface area contributed by atoms with Crippen LogP contribution in [0.25, 0.3) is 11.4 Å². The molecular formula is C25H28N4O. The molecule has 0 radical (unpaired) electrons. The van der Waals surface area contributed by atoms with Crippen LogP contribution in [0.4, 0.5) is 0 Å². The van der Waals surface area contributed by atoms with E-state index in [1.807, 2.05) is 30.3 Å². The number of nitrogens with zero attached hydrogens (tertiary/aromatic N) is 3. The number of likely N-dealkylation sites (tertiary alicyclic amines) is 1. The Morgan fingerprint density at radius 2 is 1.60 bits per heavy atom. The smallest absolute Gasteiger partial charge is 0.254 e. The predicted molar refractivity (Wildman–Crippen MR) is 119 cm³/mol. The molecule has 0 atom stereocenters. The maximum atomic E-state index is 12.4. The molecule has 1 aliphatic rings. The van der Waals surface area contributed by atoms with Gasteiger partial charge < -0.3 is 5.32 Å². The van der Waals surface area contributed by atoms with Crippen LogP contribution in [-0.2, 0) is 13.1 Å². The Bertz CT molecular complexity index is 947. The van der Waals surface area contributed by atoms with Crippen molar-refractivity contribution in [3.8, 4) is 11.4 Å². The molecule has 5 heteroatoms. The molecule has 3 aromatic rings. The Hall–Kier alpha value is -3.05. The van der Waals surface area contributed by atoms with Crippen molar-refractivity contribution >= 4 is 5.91 Å². The van der Waals surface area contributed by atoms with E-state index >= 15 is 0 Å². The molecule has 1 N–H and O–H groups in total. The highest BCUT2D eigenvalue weighted by Gasteiger charge is 2.15. The van der Waals surface area contributed by atoms with Gasteiger partial charge in [-0.05, 0) is 43.0 Å². The van der Waals surface area contributed by atoms with Gasteiger partial charge in [0.05, 0.1) is 5.56 Å². The van der Waals surface area contributed by atoms with Gasteiger partial charge >= 0.3 is 0 Å². The van der Waals surface area contributed by atoms with Crippen molar-refractivity contribution in [1.82, 2.24) is 20.2 Å². The van der Waals surface area contributed by atoms with E-state index in [1.54, 1.807) is 12.4 Å². The predicted octanol–water partition coefficient (Wildman–Crippen LogP) is 4.31. The number of rotatable bonds is 6. The molecule has 0 bridgehead atoms. The average Bonchev–Trinajstić information content (AvgIpc) is 2.80. The average molecular weight is 401 g/mol. The van der Waals surface area contributed by atoms with Gasteiger partial charge in [0.1, 0.15) is 0 Å². The maximum Gasteiger partial charge on any atom is 0.254 e. The van der Waals surface area contributed by atoms with Gasteiger partial charge in [-0.2, -0.15) is 0 Å². The minimum Gasteiger partial charge on any atom is -0.348 e. The summed E-state index contributed by atoms with van der Waals surface area (Å²) in [7, 11) is 0. The van der Waals surface area contributed by atoms with Crippen molar-refractivity contribution in [3.05, 3.63) is 83.7 Å². The van der Waals surface area contributed by atoms with E-state index in [9.17, 15) is 4.79 Å². The molecule has 1 aliphatic heterocycles. The van der Waals surface area contributed by atoms with E-state index in [0.717, 1.165) is 23.6 Å². The summed E-state index contributed by atoms with van der Waals surface area (Å²) in [6.07, 6.45) is 5.74. The second kappa shape index (κ2) is 9.63. The fourth-order valence-corrected chi connectivity index (χ4v) is 3.71. The molecule has 0 saturated carbocycles. The first-order valence-corrected chi connectivity index (χ1v) is 10.6. The molecule has 1 fully saturated rings. The zero-order valence-corrected chi connectivity index (χ0v) is 17.4. The first-order chi connectivity index (χ1) is 14.7. The van der Waals surface area contributed by atoms with E-state index in [1.165, 1.54) is 31.5 Å². The number of piperidine rings is 1. The molecule has 0 unspecified atom stereocenters. The standard InChI is InChI=1S/C25H28N4O/c1-19-11-13-29(14-12-19)18-21-9-7-20(8-10-21)15-28-25(30)23-16-26-24(27-17-23)22-5-3-2-4-6-22/h2-10,16-17,19H,11-15,18H2,1H3,(H,28,30). The van der Waals surface area contributed by atoms with Gasteiger partial charge in [-0.25, -0.2) is 9.97 Å². The van der Waals surface area contributed by atoms with Crippen LogP contribution in [0, 0.1) is 5.92 Å². The Labute approximate surface area is 178 Å². The molecule has 1 aromatic heterocycles. The number of aromatic nitrogens is 2. The van der Waals surface area contributed by atoms with Crippen molar-refractivity contribution in [2.75, 3.05) is 13.1 Å². The number of amides is 1. The summed E-state index contributed by atoms with van der Waals surface area (Å²) < 4.78 is 0. The fraction of sp³-hybridized carbons (Fsp3) is 0.320. The monoisotopic (exact) mass is 400 g/mol. The summed E-state index contributed by atoms with van der Waals surface area (Å²) in [6.45, 7) is 6.20. The lowest BCUT2D eigenvalue weighted by Crippen LogP contribution is -2.32. The van der Waals surface area contributed by atoms with Crippen molar-refractivity contribution in [2.45, 2.75) is 32.9 Å². The number of carbonyl (C=O) groups is 1. The number of benzene rings is 2. The van der Waals surface area contributed by atoms with Gasteiger partial charge in [0.2, 0.25) is 0 Å². The van der Waals surface area contributed by atoms with Crippen LogP contribution in [0.1, 0.15) is 41.3 Å². The first-order valence-electron chi connectivity index (χ1n) is 10.6. The molecule has 154 valence electrons. The molecule has 2 aromatic carbocycles. The third kappa shape index (κ3) is 5.30. The fourth-order valence-electron chi connectivity index (χ4n) is 3.71. The number of carbonyl (C=O) groups excluding carboxylic acids is 1. The van der Waals surface area contributed by atoms with Gasteiger partial charge in [-0.1, -0.05) is 61.5 Å². The topological polar surface area (TPSA) is 58.1 Å². The number of nitrogens with one attached hydrogen (secondary N) is 1. The van der Waals surface area contributed by atoms with Gasteiger partial charge in [-0.3, -0.25) is 9.69 Å². The van der Waals surface area contributed by atoms with Gasteiger partial charge in [0, 0.05) is 31.0 Å². The SMILES string of the molecule is CC1CCN(Cc2ccc(CNC(=O)c3cnc(-c4ccccc4)nc3)cc2)CC1. The molecule has 1 amide bonds. The van der Waals surface area contributed by atoms with E-state index < -0.39 is 0 Å². The van der Waals surface area contributed by atoms with Gasteiger partial charge in [0.15, 0.2) is 5.82 Å². The molecular weight excluding hydrogens is 372 g/mol. The summed E-state index contributed by atoms with van der Waals surface area (Å²) in [4.78, 5) is 23.6. The third-order valence-corrected chi connectivity index (χ3v) is 5.70. The Morgan fingerprint density at radius 1 is 0.967 bits per heavy atom. The molecule has 2 heterocycles. The Kier molecular flexibility index (Phi) is 6.50. The lowest BCUT2D eigenvalue weighted by Gasteiger charge is -2.30. The normalized spacial score (nSPS) is 15.1. The summed E-state index contributed by atoms with van der Waals surface area (Å²) in [5.41, 5.74) is 3.81. The molecule has 1 saturated heterocycles. The van der Waals surface area contributed by atoms with Gasteiger partial charge in [0.25, 0.3) is 5.91 Å². The van der Waals surface area contributed by atoms with E-state index in [-0.39, 0.29) is 5.91 Å². The highest BCUT2D eigenvalue weighted by Crippen LogP contribution is 2.18. The minimum absolute atomic E-state index is 0.166. The van der Waals surface area contributed by atoms with Crippen LogP contribution in [0.15, 0.2) is 67.0 Å². The second-order valence-electron chi connectivity index (χ2n) is 8.12. The third-order valence-electron chi connectivity index (χ3n) is 5.70. The lowest BCUT2D eigenvalue weighted by molar-refractivity contribution is 0.0950. The van der Waals surface area contributed by atoms with Crippen LogP contribution in [0.5, 0.6) is 0 Å². The molecule has 4 rings (SSSR count). The van der Waals surface area contributed by atoms with E-state index in [2.05, 4.69) is 51.4 Å². The second-order valence-corrected chi connectivity index (χ2v) is 8.12. The largest absolute Gasteiger partial charge is 0.348 e. The Balaban J connectivity index is 1.28. The molecule has 0 spiro atoms. The van der Waals surface area contributed by atoms with Crippen LogP contribution in [0.3, 0.4) is 0 Å². The zero-order chi connectivity index (χ0) is 20.8. The molecule has 30 heavy (non-hydrogen) atoms. The maximum absolute atomic E-state index is 12.4. The highest BCUT2D eigenvalue weighted by molar-refractivity contribution is 5.93. The summed E-state index contributed by atoms with van der Waals surface area (Å²) in [6, 6.07) is 18.2. The zero-order valence-electron chi connectivity index (χ0n) is 17.4. The van der Waals surface area contributed by atoms with Crippen molar-refractivity contribution in [3.63, 3.8) is 0 Å². The van der Waals surface area contributed by atoms with Crippen molar-refractivity contribution < 1.29 is 4.79 Å². The van der Waals surface area contributed by atoms with E-state index in [0.29, 0.717) is 17.9 Å². The lowest BCUT2D eigenvalue weighted by atomic mass is 9.99. The highest BCUT2D eigenvalue weighted by atomic mass is 16.1. The Morgan fingerprint density at radius 3 is 2.27 bits per heavy atom. The number of hydrogen-bond acceptors (Lipinski definition) is 4. The van der Waals surface area contributed by atoms with Crippen LogP contribution in [-0.4, -0.2) is 33.9 Å². The van der Waals surface area contributed by atoms with E-state index in [4.69, 9.17) is 0 Å². The van der Waals surface area contributed by atoms with Gasteiger partial charge in [-0.15, -0.1) is 0 Å². The molecule has 5 nitrogen and oxygen atoms in total. The van der Waals surface area contributed by atoms with Crippen LogP contribution < -0.4 is 5.32 Å². The van der Waals surface area contributed by atoms with Crippen LogP contribution in [0.2, 0.25) is 0 Å². The summed E-state index contributed by atoms with van der Waals surface area (Å²) in [5.74, 6) is 1.30. The number of hydrogen-bond donors (Lipinski definition) is 1. The summed E-state index contributed by atoms with van der Waals surface area (Å²) in [5, 5.41) is 2.95. The minimum atomic E-state index is -0.166. The van der Waals surface area contributed by atoms with Crippen molar-refractivity contribution in [1.29, 1.82) is 0 Å². The first kappa shape index (κ1) is 20.2. The molecule has 0 aliphatic carbocycles. The van der Waals surface area contributed by atoms with Crippen molar-refractivity contribution in [2.24, 2.45) is 5.92 Å². The van der Waals surface area contributed by atoms with Crippen LogP contribution >= 0.6 is 0 Å². The summed E-state index contributed by atoms with van der Waals surface area (Å²) >= 11 is 0.